The van der Waals surface area contributed by atoms with Gasteiger partial charge in [0.1, 0.15) is 11.6 Å². The summed E-state index contributed by atoms with van der Waals surface area (Å²) < 4.78 is 32.2. The number of benzene rings is 1. The summed E-state index contributed by atoms with van der Waals surface area (Å²) in [6.07, 6.45) is 1.28. The number of hydrogen-bond acceptors (Lipinski definition) is 3. The van der Waals surface area contributed by atoms with E-state index in [1.807, 2.05) is 0 Å². The van der Waals surface area contributed by atoms with Crippen LogP contribution in [0.25, 0.3) is 0 Å². The van der Waals surface area contributed by atoms with E-state index in [-0.39, 0.29) is 18.7 Å². The standard InChI is InChI=1S/C13H17F2NO2/c14-11-2-1-3-12(15)10(11)8-16-13(9-17)4-6-18-7-5-13/h1-3,16-17H,4-9H2. The van der Waals surface area contributed by atoms with Crippen LogP contribution in [-0.2, 0) is 11.3 Å². The normalized spacial score (nSPS) is 18.8. The van der Waals surface area contributed by atoms with E-state index in [9.17, 15) is 13.9 Å². The lowest BCUT2D eigenvalue weighted by molar-refractivity contribution is 0.0109. The Bertz CT molecular complexity index is 386. The summed E-state index contributed by atoms with van der Waals surface area (Å²) >= 11 is 0. The lowest BCUT2D eigenvalue weighted by Crippen LogP contribution is -2.52. The molecule has 2 rings (SSSR count). The molecule has 0 unspecified atom stereocenters. The summed E-state index contributed by atoms with van der Waals surface area (Å²) in [6, 6.07) is 3.80. The van der Waals surface area contributed by atoms with Crippen molar-refractivity contribution in [1.29, 1.82) is 0 Å². The van der Waals surface area contributed by atoms with E-state index in [1.165, 1.54) is 18.2 Å². The lowest BCUT2D eigenvalue weighted by atomic mass is 9.90. The fourth-order valence-electron chi connectivity index (χ4n) is 2.13. The average Bonchev–Trinajstić information content (AvgIpc) is 2.39. The van der Waals surface area contributed by atoms with Gasteiger partial charge in [0.2, 0.25) is 0 Å². The zero-order valence-corrected chi connectivity index (χ0v) is 10.1. The van der Waals surface area contributed by atoms with Crippen LogP contribution in [0.15, 0.2) is 18.2 Å². The first-order valence-electron chi connectivity index (χ1n) is 6.03. The minimum Gasteiger partial charge on any atom is -0.394 e. The van der Waals surface area contributed by atoms with Crippen molar-refractivity contribution in [2.24, 2.45) is 0 Å². The Morgan fingerprint density at radius 1 is 1.22 bits per heavy atom. The van der Waals surface area contributed by atoms with Gasteiger partial charge in [-0.15, -0.1) is 0 Å². The van der Waals surface area contributed by atoms with Crippen molar-refractivity contribution in [1.82, 2.24) is 5.32 Å². The van der Waals surface area contributed by atoms with E-state index in [2.05, 4.69) is 5.32 Å². The molecule has 1 saturated heterocycles. The van der Waals surface area contributed by atoms with Crippen molar-refractivity contribution in [2.75, 3.05) is 19.8 Å². The lowest BCUT2D eigenvalue weighted by Gasteiger charge is -2.36. The topological polar surface area (TPSA) is 41.5 Å². The summed E-state index contributed by atoms with van der Waals surface area (Å²) in [5.74, 6) is -1.13. The Morgan fingerprint density at radius 2 is 1.83 bits per heavy atom. The molecule has 1 fully saturated rings. The first-order chi connectivity index (χ1) is 8.67. The quantitative estimate of drug-likeness (QED) is 0.860. The first kappa shape index (κ1) is 13.4. The maximum atomic E-state index is 13.5. The van der Waals surface area contributed by atoms with Crippen LogP contribution in [-0.4, -0.2) is 30.5 Å². The smallest absolute Gasteiger partial charge is 0.130 e. The molecule has 100 valence electrons. The van der Waals surface area contributed by atoms with Crippen LogP contribution in [0.5, 0.6) is 0 Å². The molecule has 1 aromatic carbocycles. The SMILES string of the molecule is OCC1(NCc2c(F)cccc2F)CCOCC1. The second kappa shape index (κ2) is 5.73. The van der Waals surface area contributed by atoms with E-state index in [1.54, 1.807) is 0 Å². The molecule has 0 atom stereocenters. The largest absolute Gasteiger partial charge is 0.394 e. The minimum atomic E-state index is -0.567. The van der Waals surface area contributed by atoms with E-state index in [0.717, 1.165) is 0 Å². The fraction of sp³-hybridized carbons (Fsp3) is 0.538. The molecule has 3 nitrogen and oxygen atoms in total. The van der Waals surface area contributed by atoms with Gasteiger partial charge >= 0.3 is 0 Å². The van der Waals surface area contributed by atoms with E-state index < -0.39 is 17.2 Å². The van der Waals surface area contributed by atoms with Crippen LogP contribution in [0.1, 0.15) is 18.4 Å². The third-order valence-electron chi connectivity index (χ3n) is 3.45. The second-order valence-corrected chi connectivity index (χ2v) is 4.60. The molecule has 0 amide bonds. The first-order valence-corrected chi connectivity index (χ1v) is 6.03. The van der Waals surface area contributed by atoms with Crippen molar-refractivity contribution in [3.63, 3.8) is 0 Å². The van der Waals surface area contributed by atoms with Crippen molar-refractivity contribution in [2.45, 2.75) is 24.9 Å². The van der Waals surface area contributed by atoms with E-state index in [4.69, 9.17) is 4.74 Å². The number of aliphatic hydroxyl groups excluding tert-OH is 1. The van der Waals surface area contributed by atoms with Gasteiger partial charge in [0.15, 0.2) is 0 Å². The summed E-state index contributed by atoms with van der Waals surface area (Å²) in [7, 11) is 0. The van der Waals surface area contributed by atoms with Crippen LogP contribution in [0.2, 0.25) is 0 Å². The summed E-state index contributed by atoms with van der Waals surface area (Å²) in [4.78, 5) is 0. The van der Waals surface area contributed by atoms with Gasteiger partial charge in [-0.05, 0) is 25.0 Å². The van der Waals surface area contributed by atoms with Gasteiger partial charge in [-0.2, -0.15) is 0 Å². The van der Waals surface area contributed by atoms with Gasteiger partial charge in [-0.3, -0.25) is 0 Å². The molecule has 0 aliphatic carbocycles. The number of aliphatic hydroxyl groups is 1. The van der Waals surface area contributed by atoms with Crippen molar-refractivity contribution >= 4 is 0 Å². The molecule has 0 radical (unpaired) electrons. The molecule has 1 aromatic rings. The highest BCUT2D eigenvalue weighted by Gasteiger charge is 2.31. The molecular weight excluding hydrogens is 240 g/mol. The van der Waals surface area contributed by atoms with Crippen LogP contribution in [0, 0.1) is 11.6 Å². The van der Waals surface area contributed by atoms with Crippen molar-refractivity contribution in [3.8, 4) is 0 Å². The zero-order chi connectivity index (χ0) is 13.0. The summed E-state index contributed by atoms with van der Waals surface area (Å²) in [5, 5.41) is 12.5. The van der Waals surface area contributed by atoms with Gasteiger partial charge in [0, 0.05) is 30.9 Å². The number of nitrogens with one attached hydrogen (secondary N) is 1. The third kappa shape index (κ3) is 2.85. The molecule has 0 aromatic heterocycles. The summed E-state index contributed by atoms with van der Waals surface area (Å²) in [6.45, 7) is 1.10. The van der Waals surface area contributed by atoms with Gasteiger partial charge in [0.25, 0.3) is 0 Å². The maximum absolute atomic E-state index is 13.5. The Labute approximate surface area is 105 Å². The highest BCUT2D eigenvalue weighted by atomic mass is 19.1. The van der Waals surface area contributed by atoms with Crippen molar-refractivity contribution < 1.29 is 18.6 Å². The van der Waals surface area contributed by atoms with Crippen molar-refractivity contribution in [3.05, 3.63) is 35.4 Å². The van der Waals surface area contributed by atoms with Crippen LogP contribution in [0.3, 0.4) is 0 Å². The molecule has 0 saturated carbocycles. The molecule has 1 heterocycles. The Balaban J connectivity index is 2.05. The van der Waals surface area contributed by atoms with Crippen LogP contribution < -0.4 is 5.32 Å². The molecular formula is C13H17F2NO2. The highest BCUT2D eigenvalue weighted by Crippen LogP contribution is 2.21. The number of rotatable bonds is 4. The predicted octanol–water partition coefficient (Wildman–Crippen LogP) is 1.60. The molecule has 18 heavy (non-hydrogen) atoms. The minimum absolute atomic E-state index is 0.0109. The van der Waals surface area contributed by atoms with E-state index >= 15 is 0 Å². The summed E-state index contributed by atoms with van der Waals surface area (Å²) in [5.41, 5.74) is -0.482. The van der Waals surface area contributed by atoms with Crippen LogP contribution in [0.4, 0.5) is 8.78 Å². The molecule has 2 N–H and O–H groups in total. The highest BCUT2D eigenvalue weighted by molar-refractivity contribution is 5.19. The maximum Gasteiger partial charge on any atom is 0.130 e. The predicted molar refractivity (Wildman–Crippen MR) is 63.1 cm³/mol. The monoisotopic (exact) mass is 257 g/mol. The van der Waals surface area contributed by atoms with Gasteiger partial charge < -0.3 is 15.2 Å². The Kier molecular flexibility index (Phi) is 4.27. The number of hydrogen-bond donors (Lipinski definition) is 2. The molecule has 1 aliphatic rings. The number of halogens is 2. The average molecular weight is 257 g/mol. The van der Waals surface area contributed by atoms with Gasteiger partial charge in [-0.1, -0.05) is 6.07 Å². The molecule has 0 spiro atoms. The van der Waals surface area contributed by atoms with Gasteiger partial charge in [0.05, 0.1) is 6.61 Å². The third-order valence-corrected chi connectivity index (χ3v) is 3.45. The van der Waals surface area contributed by atoms with E-state index in [0.29, 0.717) is 26.1 Å². The van der Waals surface area contributed by atoms with Gasteiger partial charge in [-0.25, -0.2) is 8.78 Å². The molecule has 0 bridgehead atoms. The second-order valence-electron chi connectivity index (χ2n) is 4.60. The number of ether oxygens (including phenoxy) is 1. The Morgan fingerprint density at radius 3 is 2.39 bits per heavy atom. The molecule has 1 aliphatic heterocycles. The van der Waals surface area contributed by atoms with Crippen LogP contribution >= 0.6 is 0 Å². The molecule has 5 heteroatoms. The fourth-order valence-corrected chi connectivity index (χ4v) is 2.13. The zero-order valence-electron chi connectivity index (χ0n) is 10.1. The Hall–Kier alpha value is -1.04.